The molecule has 11 nitrogen and oxygen atoms in total. The van der Waals surface area contributed by atoms with Gasteiger partial charge >= 0.3 is 20.6 Å². The Balaban J connectivity index is 1.32. The minimum absolute atomic E-state index is 0.140. The van der Waals surface area contributed by atoms with Crippen LogP contribution in [0.15, 0.2) is 48.8 Å². The second-order valence-electron chi connectivity index (χ2n) is 8.94. The molecule has 4 rings (SSSR count). The highest BCUT2D eigenvalue weighted by molar-refractivity contribution is 7.33. The average molecular weight is 713 g/mol. The fourth-order valence-corrected chi connectivity index (χ4v) is 4.77. The molecular weight excluding hydrogens is 692 g/mol. The number of hydrogen-bond acceptors (Lipinski definition) is 11. The van der Waals surface area contributed by atoms with E-state index in [4.69, 9.17) is 41.7 Å². The van der Waals surface area contributed by atoms with Crippen molar-refractivity contribution >= 4 is 54.7 Å². The van der Waals surface area contributed by atoms with Crippen molar-refractivity contribution < 1.29 is 49.4 Å². The molecule has 46 heavy (non-hydrogen) atoms. The van der Waals surface area contributed by atoms with Crippen molar-refractivity contribution in [1.29, 1.82) is 0 Å². The van der Waals surface area contributed by atoms with Crippen LogP contribution < -0.4 is 20.1 Å². The van der Waals surface area contributed by atoms with Crippen molar-refractivity contribution in [3.63, 3.8) is 0 Å². The van der Waals surface area contributed by atoms with Gasteiger partial charge in [-0.15, -0.1) is 0 Å². The summed E-state index contributed by atoms with van der Waals surface area (Å²) in [4.78, 5) is 14.5. The third-order valence-corrected chi connectivity index (χ3v) is 7.17. The first-order valence-electron chi connectivity index (χ1n) is 12.5. The molecule has 0 atom stereocenters. The van der Waals surface area contributed by atoms with Gasteiger partial charge < -0.3 is 29.2 Å². The third-order valence-electron chi connectivity index (χ3n) is 5.83. The Labute approximate surface area is 267 Å². The summed E-state index contributed by atoms with van der Waals surface area (Å²) in [6.07, 6.45) is -8.30. The number of benzene rings is 2. The molecular formula is C26H21Cl2F6N6O5P. The van der Waals surface area contributed by atoms with Gasteiger partial charge in [-0.25, -0.2) is 19.9 Å². The van der Waals surface area contributed by atoms with Gasteiger partial charge in [0, 0.05) is 12.4 Å². The van der Waals surface area contributed by atoms with Gasteiger partial charge in [0.2, 0.25) is 11.9 Å². The Morgan fingerprint density at radius 2 is 1.11 bits per heavy atom. The van der Waals surface area contributed by atoms with Crippen LogP contribution in [0.1, 0.15) is 22.3 Å². The fourth-order valence-electron chi connectivity index (χ4n) is 3.65. The van der Waals surface area contributed by atoms with Crippen molar-refractivity contribution in [3.8, 4) is 11.5 Å². The van der Waals surface area contributed by atoms with E-state index in [-0.39, 0.29) is 36.6 Å². The van der Waals surface area contributed by atoms with Gasteiger partial charge in [0.1, 0.15) is 32.9 Å². The predicted molar refractivity (Wildman–Crippen MR) is 155 cm³/mol. The smallest absolute Gasteiger partial charge is 0.420 e. The molecule has 0 aliphatic heterocycles. The molecule has 0 spiro atoms. The normalized spacial score (nSPS) is 11.9. The lowest BCUT2D eigenvalue weighted by Crippen LogP contribution is -2.09. The van der Waals surface area contributed by atoms with E-state index in [1.54, 1.807) is 12.1 Å². The van der Waals surface area contributed by atoms with Crippen LogP contribution in [-0.4, -0.2) is 34.2 Å². The maximum Gasteiger partial charge on any atom is 0.420 e. The predicted octanol–water partition coefficient (Wildman–Crippen LogP) is 8.24. The summed E-state index contributed by atoms with van der Waals surface area (Å²) in [5, 5.41) is 3.89. The number of ether oxygens (including phenoxy) is 2. The van der Waals surface area contributed by atoms with Crippen LogP contribution in [0.2, 0.25) is 10.3 Å². The quantitative estimate of drug-likeness (QED) is 0.0837. The standard InChI is InChI=1S/C26H21Cl2F6N6O5P/c1-42-19-7-13(3-5-17(19)37-23-35-9-15(21(27)39-23)25(29,30)31)11-44-46(41)45-12-14-4-6-18(20(8-14)43-2)38-24-36-10-16(22(28)40-24)26(32,33)34/h3-10,46H,11-12H2,1-2H3,(H,35,37,39)(H,36,38,40). The highest BCUT2D eigenvalue weighted by Crippen LogP contribution is 2.37. The summed E-state index contributed by atoms with van der Waals surface area (Å²) in [6.45, 7) is -0.280. The lowest BCUT2D eigenvalue weighted by Gasteiger charge is -2.14. The van der Waals surface area contributed by atoms with Crippen LogP contribution in [0.5, 0.6) is 11.5 Å². The molecule has 0 aliphatic carbocycles. The number of nitrogens with zero attached hydrogens (tertiary/aromatic N) is 4. The van der Waals surface area contributed by atoms with E-state index in [9.17, 15) is 30.9 Å². The number of hydrogen-bond donors (Lipinski definition) is 2. The van der Waals surface area contributed by atoms with E-state index in [0.29, 0.717) is 34.9 Å². The topological polar surface area (TPSA) is 130 Å². The van der Waals surface area contributed by atoms with Crippen molar-refractivity contribution in [2.24, 2.45) is 0 Å². The van der Waals surface area contributed by atoms with Gasteiger partial charge in [0.25, 0.3) is 0 Å². The van der Waals surface area contributed by atoms with Crippen molar-refractivity contribution in [3.05, 3.63) is 81.4 Å². The van der Waals surface area contributed by atoms with E-state index >= 15 is 0 Å². The molecule has 0 amide bonds. The summed E-state index contributed by atoms with van der Waals surface area (Å²) >= 11 is 11.3. The molecule has 0 saturated carbocycles. The monoisotopic (exact) mass is 712 g/mol. The number of alkyl halides is 6. The zero-order chi connectivity index (χ0) is 33.6. The average Bonchev–Trinajstić information content (AvgIpc) is 2.98. The van der Waals surface area contributed by atoms with Crippen LogP contribution >= 0.6 is 31.5 Å². The van der Waals surface area contributed by atoms with Gasteiger partial charge in [-0.1, -0.05) is 35.3 Å². The van der Waals surface area contributed by atoms with Crippen molar-refractivity contribution in [2.75, 3.05) is 24.9 Å². The minimum Gasteiger partial charge on any atom is -0.495 e. The maximum absolute atomic E-state index is 12.9. The van der Waals surface area contributed by atoms with Gasteiger partial charge in [-0.05, 0) is 35.4 Å². The van der Waals surface area contributed by atoms with E-state index in [2.05, 4.69) is 30.6 Å². The molecule has 2 aromatic heterocycles. The number of rotatable bonds is 12. The van der Waals surface area contributed by atoms with E-state index in [1.165, 1.54) is 38.5 Å². The molecule has 2 heterocycles. The first-order valence-corrected chi connectivity index (χ1v) is 14.5. The van der Waals surface area contributed by atoms with Gasteiger partial charge in [0.15, 0.2) is 0 Å². The molecule has 0 saturated heterocycles. The lowest BCUT2D eigenvalue weighted by molar-refractivity contribution is -0.138. The summed E-state index contributed by atoms with van der Waals surface area (Å²) in [6, 6.07) is 9.28. The Morgan fingerprint density at radius 1 is 0.717 bits per heavy atom. The summed E-state index contributed by atoms with van der Waals surface area (Å²) in [5.41, 5.74) is -0.682. The fraction of sp³-hybridized carbons (Fsp3) is 0.231. The number of halogens is 8. The van der Waals surface area contributed by atoms with Crippen LogP contribution in [0.25, 0.3) is 0 Å². The van der Waals surface area contributed by atoms with Crippen LogP contribution in [-0.2, 0) is 39.2 Å². The third kappa shape index (κ3) is 9.10. The summed E-state index contributed by atoms with van der Waals surface area (Å²) < 4.78 is 111. The first-order chi connectivity index (χ1) is 21.7. The van der Waals surface area contributed by atoms with Gasteiger partial charge in [0.05, 0.1) is 38.8 Å². The zero-order valence-electron chi connectivity index (χ0n) is 23.4. The summed E-state index contributed by atoms with van der Waals surface area (Å²) in [5.74, 6) is 0.116. The summed E-state index contributed by atoms with van der Waals surface area (Å²) in [7, 11) is -0.278. The number of nitrogens with one attached hydrogen (secondary N) is 2. The van der Waals surface area contributed by atoms with Crippen LogP contribution in [0.3, 0.4) is 0 Å². The minimum atomic E-state index is -4.71. The Hall–Kier alpha value is -3.89. The van der Waals surface area contributed by atoms with Gasteiger partial charge in [-0.3, -0.25) is 4.57 Å². The van der Waals surface area contributed by atoms with E-state index in [0.717, 1.165) is 0 Å². The largest absolute Gasteiger partial charge is 0.495 e. The van der Waals surface area contributed by atoms with Crippen molar-refractivity contribution in [1.82, 2.24) is 19.9 Å². The Bertz CT molecular complexity index is 1610. The SMILES string of the molecule is COc1cc(CO[PH](=O)OCc2ccc(Nc3ncc(C(F)(F)F)c(Cl)n3)c(OC)c2)ccc1Nc1ncc(C(F)(F)F)c(Cl)n1. The molecule has 246 valence electrons. The zero-order valence-corrected chi connectivity index (χ0v) is 25.9. The number of aromatic nitrogens is 4. The molecule has 2 aromatic carbocycles. The lowest BCUT2D eigenvalue weighted by atomic mass is 10.2. The molecule has 0 aliphatic rings. The molecule has 20 heteroatoms. The second-order valence-corrected chi connectivity index (χ2v) is 10.7. The van der Waals surface area contributed by atoms with Crippen LogP contribution in [0, 0.1) is 0 Å². The molecule has 0 unspecified atom stereocenters. The maximum atomic E-state index is 12.9. The highest BCUT2D eigenvalue weighted by atomic mass is 35.5. The number of anilines is 4. The Kier molecular flexibility index (Phi) is 11.2. The number of methoxy groups -OCH3 is 2. The molecule has 0 radical (unpaired) electrons. The second kappa shape index (κ2) is 14.7. The van der Waals surface area contributed by atoms with E-state index in [1.807, 2.05) is 0 Å². The molecule has 2 N–H and O–H groups in total. The van der Waals surface area contributed by atoms with Crippen molar-refractivity contribution in [2.45, 2.75) is 25.6 Å². The Morgan fingerprint density at radius 3 is 1.43 bits per heavy atom. The first kappa shape index (κ1) is 35.0. The van der Waals surface area contributed by atoms with Gasteiger partial charge in [-0.2, -0.15) is 26.3 Å². The highest BCUT2D eigenvalue weighted by Gasteiger charge is 2.35. The molecule has 0 fully saturated rings. The van der Waals surface area contributed by atoms with E-state index < -0.39 is 42.0 Å². The molecule has 4 aromatic rings. The molecule has 0 bridgehead atoms. The van der Waals surface area contributed by atoms with Crippen LogP contribution in [0.4, 0.5) is 49.6 Å².